The molecule has 202 valence electrons. The molecule has 1 aliphatic heterocycles. The Hall–Kier alpha value is -3.13. The standard InChI is InChI=1S/C24H24ClF2N5O5S/c1-36-13-23(11-24(26,27)12-23)29-22-31-30-20(37-22)15-4-7-19-18(8-15)32(9-14-2-5-16(25)6-3-14)21(33)17(28)10-38(19,34)35/h2-8,17H,9-13,28H2,1H3,(H,29,31)/t17-/m0/s1. The summed E-state index contributed by atoms with van der Waals surface area (Å²) < 4.78 is 64.0. The summed E-state index contributed by atoms with van der Waals surface area (Å²) in [5.41, 5.74) is 6.05. The lowest BCUT2D eigenvalue weighted by Gasteiger charge is -2.46. The fraction of sp³-hybridized carbons (Fsp3) is 0.375. The number of sulfone groups is 1. The number of carbonyl (C=O) groups is 1. The van der Waals surface area contributed by atoms with Gasteiger partial charge in [0.25, 0.3) is 5.92 Å². The van der Waals surface area contributed by atoms with Crippen LogP contribution in [0.4, 0.5) is 20.5 Å². The van der Waals surface area contributed by atoms with Gasteiger partial charge in [-0.15, -0.1) is 5.10 Å². The summed E-state index contributed by atoms with van der Waals surface area (Å²) in [6, 6.07) is 9.70. The van der Waals surface area contributed by atoms with E-state index in [9.17, 15) is 22.0 Å². The molecule has 3 N–H and O–H groups in total. The molecule has 0 spiro atoms. The lowest BCUT2D eigenvalue weighted by Crippen LogP contribution is -2.59. The third-order valence-corrected chi connectivity index (χ3v) is 8.54. The van der Waals surface area contributed by atoms with Crippen molar-refractivity contribution in [3.63, 3.8) is 0 Å². The average molecular weight is 568 g/mol. The van der Waals surface area contributed by atoms with Crippen LogP contribution >= 0.6 is 11.6 Å². The predicted octanol–water partition coefficient (Wildman–Crippen LogP) is 3.26. The van der Waals surface area contributed by atoms with Crippen molar-refractivity contribution in [2.75, 3.05) is 29.7 Å². The zero-order valence-electron chi connectivity index (χ0n) is 20.2. The van der Waals surface area contributed by atoms with Crippen LogP contribution < -0.4 is 16.0 Å². The number of carbonyl (C=O) groups excluding carboxylic acids is 1. The lowest BCUT2D eigenvalue weighted by molar-refractivity contribution is -0.130. The number of nitrogens with one attached hydrogen (secondary N) is 1. The molecule has 3 aromatic rings. The molecule has 1 fully saturated rings. The molecule has 5 rings (SSSR count). The van der Waals surface area contributed by atoms with E-state index in [1.807, 2.05) is 0 Å². The zero-order valence-corrected chi connectivity index (χ0v) is 21.7. The van der Waals surface area contributed by atoms with Gasteiger partial charge in [-0.3, -0.25) is 4.79 Å². The summed E-state index contributed by atoms with van der Waals surface area (Å²) in [6.45, 7) is 0.0547. The maximum absolute atomic E-state index is 13.6. The van der Waals surface area contributed by atoms with Crippen LogP contribution in [0.3, 0.4) is 0 Å². The van der Waals surface area contributed by atoms with Crippen molar-refractivity contribution in [1.82, 2.24) is 10.2 Å². The molecule has 1 aliphatic carbocycles. The van der Waals surface area contributed by atoms with E-state index in [2.05, 4.69) is 15.5 Å². The number of nitrogens with zero attached hydrogens (tertiary/aromatic N) is 3. The second-order valence-electron chi connectivity index (χ2n) is 9.58. The molecule has 0 radical (unpaired) electrons. The molecule has 1 aromatic heterocycles. The molecule has 0 saturated heterocycles. The summed E-state index contributed by atoms with van der Waals surface area (Å²) in [7, 11) is -2.49. The number of aromatic nitrogens is 2. The maximum Gasteiger partial charge on any atom is 0.316 e. The van der Waals surface area contributed by atoms with Crippen LogP contribution in [-0.2, 0) is 25.9 Å². The highest BCUT2D eigenvalue weighted by atomic mass is 35.5. The van der Waals surface area contributed by atoms with E-state index < -0.39 is 51.8 Å². The Kier molecular flexibility index (Phi) is 6.66. The molecular weight excluding hydrogens is 544 g/mol. The third kappa shape index (κ3) is 5.10. The summed E-state index contributed by atoms with van der Waals surface area (Å²) in [4.78, 5) is 14.4. The second-order valence-corrected chi connectivity index (χ2v) is 12.0. The van der Waals surface area contributed by atoms with Crippen molar-refractivity contribution in [2.45, 2.75) is 41.8 Å². The highest BCUT2D eigenvalue weighted by Crippen LogP contribution is 2.47. The molecule has 38 heavy (non-hydrogen) atoms. The minimum Gasteiger partial charge on any atom is -0.403 e. The SMILES string of the molecule is COCC1(Nc2nnc(-c3ccc4c(c3)N(Cc3ccc(Cl)cc3)C(=O)[C@@H](N)CS4(=O)=O)o2)CC(F)(F)C1. The number of ether oxygens (including phenoxy) is 1. The summed E-state index contributed by atoms with van der Waals surface area (Å²) in [5.74, 6) is -3.94. The number of hydrogen-bond donors (Lipinski definition) is 2. The van der Waals surface area contributed by atoms with Gasteiger partial charge in [-0.25, -0.2) is 17.2 Å². The smallest absolute Gasteiger partial charge is 0.316 e. The van der Waals surface area contributed by atoms with Crippen LogP contribution in [0.25, 0.3) is 11.5 Å². The van der Waals surface area contributed by atoms with Crippen LogP contribution in [-0.4, -0.2) is 61.5 Å². The van der Waals surface area contributed by atoms with Gasteiger partial charge < -0.3 is 25.1 Å². The monoisotopic (exact) mass is 567 g/mol. The molecule has 2 aromatic carbocycles. The Labute approximate surface area is 222 Å². The number of fused-ring (bicyclic) bond motifs is 1. The second kappa shape index (κ2) is 9.56. The van der Waals surface area contributed by atoms with E-state index >= 15 is 0 Å². The normalized spacial score (nSPS) is 21.3. The number of methoxy groups -OCH3 is 1. The van der Waals surface area contributed by atoms with Crippen molar-refractivity contribution in [1.29, 1.82) is 0 Å². The summed E-state index contributed by atoms with van der Waals surface area (Å²) in [6.07, 6.45) is -0.908. The van der Waals surface area contributed by atoms with E-state index in [0.717, 1.165) is 0 Å². The molecule has 0 unspecified atom stereocenters. The van der Waals surface area contributed by atoms with Crippen molar-refractivity contribution >= 4 is 39.0 Å². The highest BCUT2D eigenvalue weighted by Gasteiger charge is 2.57. The van der Waals surface area contributed by atoms with Gasteiger partial charge in [0, 0.05) is 30.5 Å². The molecule has 1 saturated carbocycles. The van der Waals surface area contributed by atoms with Gasteiger partial charge >= 0.3 is 6.01 Å². The maximum atomic E-state index is 13.6. The first-order valence-electron chi connectivity index (χ1n) is 11.6. The topological polar surface area (TPSA) is 141 Å². The molecular formula is C24H24ClF2N5O5S. The number of alkyl halides is 2. The largest absolute Gasteiger partial charge is 0.403 e. The molecule has 2 aliphatic rings. The summed E-state index contributed by atoms with van der Waals surface area (Å²) >= 11 is 5.97. The molecule has 0 bridgehead atoms. The van der Waals surface area contributed by atoms with Crippen LogP contribution in [0.15, 0.2) is 51.8 Å². The number of halogens is 3. The van der Waals surface area contributed by atoms with Crippen LogP contribution in [0.5, 0.6) is 0 Å². The van der Waals surface area contributed by atoms with Gasteiger partial charge in [-0.1, -0.05) is 28.8 Å². The fourth-order valence-electron chi connectivity index (χ4n) is 4.83. The molecule has 14 heteroatoms. The molecule has 1 amide bonds. The minimum absolute atomic E-state index is 0.00112. The third-order valence-electron chi connectivity index (χ3n) is 6.48. The number of hydrogen-bond acceptors (Lipinski definition) is 9. The van der Waals surface area contributed by atoms with Crippen molar-refractivity contribution < 1.29 is 31.1 Å². The number of rotatable bonds is 7. The minimum atomic E-state index is -3.90. The zero-order chi connectivity index (χ0) is 27.3. The first kappa shape index (κ1) is 26.5. The van der Waals surface area contributed by atoms with Crippen LogP contribution in [0.1, 0.15) is 18.4 Å². The Morgan fingerprint density at radius 1 is 1.21 bits per heavy atom. The molecule has 1 atom stereocenters. The van der Waals surface area contributed by atoms with Crippen LogP contribution in [0, 0.1) is 0 Å². The Morgan fingerprint density at radius 2 is 1.92 bits per heavy atom. The van der Waals surface area contributed by atoms with E-state index in [1.165, 1.54) is 30.2 Å². The van der Waals surface area contributed by atoms with E-state index in [1.54, 1.807) is 24.3 Å². The number of nitrogens with two attached hydrogens (primary N) is 1. The highest BCUT2D eigenvalue weighted by molar-refractivity contribution is 7.91. The Morgan fingerprint density at radius 3 is 2.58 bits per heavy atom. The van der Waals surface area contributed by atoms with Crippen molar-refractivity contribution in [3.05, 3.63) is 53.1 Å². The van der Waals surface area contributed by atoms with Gasteiger partial charge in [-0.05, 0) is 35.9 Å². The van der Waals surface area contributed by atoms with Gasteiger partial charge in [0.1, 0.15) is 0 Å². The first-order chi connectivity index (χ1) is 17.9. The van der Waals surface area contributed by atoms with Crippen LogP contribution in [0.2, 0.25) is 5.02 Å². The fourth-order valence-corrected chi connectivity index (χ4v) is 6.52. The van der Waals surface area contributed by atoms with Gasteiger partial charge in [0.2, 0.25) is 11.8 Å². The number of benzene rings is 2. The predicted molar refractivity (Wildman–Crippen MR) is 135 cm³/mol. The van der Waals surface area contributed by atoms with E-state index in [0.29, 0.717) is 16.1 Å². The van der Waals surface area contributed by atoms with Gasteiger partial charge in [-0.2, -0.15) is 0 Å². The van der Waals surface area contributed by atoms with Crippen molar-refractivity contribution in [3.8, 4) is 11.5 Å². The Balaban J connectivity index is 1.50. The Bertz CT molecular complexity index is 1470. The first-order valence-corrected chi connectivity index (χ1v) is 13.6. The van der Waals surface area contributed by atoms with E-state index in [-0.39, 0.29) is 35.6 Å². The number of anilines is 2. The lowest BCUT2D eigenvalue weighted by atomic mass is 9.74. The van der Waals surface area contributed by atoms with Gasteiger partial charge in [0.05, 0.1) is 41.1 Å². The molecule has 2 heterocycles. The average Bonchev–Trinajstić information content (AvgIpc) is 3.27. The number of amides is 1. The quantitative estimate of drug-likeness (QED) is 0.440. The van der Waals surface area contributed by atoms with Gasteiger partial charge in [0.15, 0.2) is 9.84 Å². The summed E-state index contributed by atoms with van der Waals surface area (Å²) in [5, 5.41) is 11.3. The molecule has 10 nitrogen and oxygen atoms in total. The van der Waals surface area contributed by atoms with E-state index in [4.69, 9.17) is 26.5 Å². The van der Waals surface area contributed by atoms with Crippen molar-refractivity contribution in [2.24, 2.45) is 5.73 Å².